The van der Waals surface area contributed by atoms with E-state index in [-0.39, 0.29) is 117 Å². The summed E-state index contributed by atoms with van der Waals surface area (Å²) in [5, 5.41) is 89.5. The molecule has 45 heteroatoms. The Bertz CT molecular complexity index is 2780. The zero-order chi connectivity index (χ0) is 113. The molecule has 0 rings (SSSR count). The molecule has 0 saturated heterocycles. The number of aliphatic hydroxyl groups excluding tert-OH is 10. The Balaban J connectivity index is -0.000000178. The van der Waals surface area contributed by atoms with E-state index in [1.54, 1.807) is 14.2 Å². The molecule has 12 N–H and O–H groups in total. The SMILES string of the molecule is CCC(=O)CCCCCCCC(=O)CO.CCC(=O)CCOCCOCCCC(=O)CO.CCCCOCCOC(=O)CO.CNC(=O)CCCCCOC(=O)CO.CNCCCCCCCCOC(=O)CO.COC(=O)CCCCC(=O)CO.COC(=O)CCCCCCCCC(=O)CO.COC(=O)CCCCCCCCOC(=O)CO.COC(=O)CCOCCOC(=O)CO.COCCOCCOCCCC(=O)CO. The molecule has 0 fully saturated rings. The number of unbranched alkanes of at least 4 members (excludes halogenated alkanes) is 23. The van der Waals surface area contributed by atoms with Crippen molar-refractivity contribution in [2.45, 2.75) is 316 Å². The van der Waals surface area contributed by atoms with Crippen molar-refractivity contribution in [1.29, 1.82) is 0 Å². The number of esters is 9. The van der Waals surface area contributed by atoms with Crippen LogP contribution in [0.3, 0.4) is 0 Å². The van der Waals surface area contributed by atoms with Crippen LogP contribution in [-0.2, 0) is 157 Å². The lowest BCUT2D eigenvalue weighted by Gasteiger charge is -2.04. The van der Waals surface area contributed by atoms with Gasteiger partial charge in [0.25, 0.3) is 0 Å². The van der Waals surface area contributed by atoms with E-state index in [9.17, 15) is 81.5 Å². The number of Topliss-reactive ketones (excluding diaryl/α,β-unsaturated/α-hetero) is 7. The molecule has 0 spiro atoms. The van der Waals surface area contributed by atoms with Gasteiger partial charge in [-0.15, -0.1) is 0 Å². The molecule has 147 heavy (non-hydrogen) atoms. The summed E-state index contributed by atoms with van der Waals surface area (Å²) < 4.78 is 76.6. The highest BCUT2D eigenvalue weighted by molar-refractivity contribution is 5.82. The molecule has 868 valence electrons. The van der Waals surface area contributed by atoms with Gasteiger partial charge in [-0.05, 0) is 116 Å². The van der Waals surface area contributed by atoms with Crippen LogP contribution in [0.2, 0.25) is 0 Å². The van der Waals surface area contributed by atoms with Crippen molar-refractivity contribution in [3.63, 3.8) is 0 Å². The van der Waals surface area contributed by atoms with E-state index in [1.165, 1.54) is 54.1 Å². The molecule has 0 aromatic heterocycles. The fraction of sp³-hybridized carbons (Fsp3) is 0.833. The molecule has 0 heterocycles. The van der Waals surface area contributed by atoms with Crippen LogP contribution in [0, 0.1) is 0 Å². The van der Waals surface area contributed by atoms with Crippen LogP contribution in [0.5, 0.6) is 0 Å². The minimum atomic E-state index is -0.693. The molecule has 0 unspecified atom stereocenters. The first-order valence-electron chi connectivity index (χ1n) is 51.4. The van der Waals surface area contributed by atoms with Gasteiger partial charge in [-0.25, -0.2) is 24.0 Å². The Kier molecular flexibility index (Phi) is 151. The highest BCUT2D eigenvalue weighted by atomic mass is 16.6. The minimum absolute atomic E-state index is 0.0253. The van der Waals surface area contributed by atoms with Gasteiger partial charge in [0.15, 0.2) is 28.9 Å². The fourth-order valence-electron chi connectivity index (χ4n) is 10.6. The number of ketones is 7. The van der Waals surface area contributed by atoms with Gasteiger partial charge in [0.05, 0.1) is 121 Å². The number of methoxy groups -OCH3 is 5. The Morgan fingerprint density at radius 3 is 0.714 bits per heavy atom. The quantitative estimate of drug-likeness (QED) is 0.0167. The summed E-state index contributed by atoms with van der Waals surface area (Å²) in [5.74, 6) is -3.96. The number of aliphatic hydroxyl groups is 10. The largest absolute Gasteiger partial charge is 0.469 e. The molecular formula is C102H192N2O43. The molecule has 0 aromatic rings. The van der Waals surface area contributed by atoms with E-state index < -0.39 is 76.1 Å². The third kappa shape index (κ3) is 160. The van der Waals surface area contributed by atoms with Crippen molar-refractivity contribution < 1.29 is 208 Å². The van der Waals surface area contributed by atoms with Gasteiger partial charge in [0, 0.05) is 117 Å². The average molecular weight is 2130 g/mol. The van der Waals surface area contributed by atoms with E-state index in [4.69, 9.17) is 93.7 Å². The zero-order valence-corrected chi connectivity index (χ0v) is 90.5. The lowest BCUT2D eigenvalue weighted by atomic mass is 10.1. The number of carbonyl (C=O) groups is 17. The summed E-state index contributed by atoms with van der Waals surface area (Å²) in [6.07, 6.45) is 37.1. The minimum Gasteiger partial charge on any atom is -0.469 e. The molecule has 0 aromatic carbocycles. The normalized spacial score (nSPS) is 10.0. The van der Waals surface area contributed by atoms with Crippen molar-refractivity contribution in [1.82, 2.24) is 10.6 Å². The predicted molar refractivity (Wildman–Crippen MR) is 543 cm³/mol. The number of carbonyl (C=O) groups excluding carboxylic acids is 17. The van der Waals surface area contributed by atoms with Gasteiger partial charge in [0.2, 0.25) is 5.91 Å². The first-order chi connectivity index (χ1) is 70.8. The summed E-state index contributed by atoms with van der Waals surface area (Å²) in [5.41, 5.74) is 0. The summed E-state index contributed by atoms with van der Waals surface area (Å²) >= 11 is 0. The smallest absolute Gasteiger partial charge is 0.331 e. The number of ether oxygens (including phenoxy) is 16. The molecule has 0 aliphatic heterocycles. The van der Waals surface area contributed by atoms with Gasteiger partial charge in [-0.2, -0.15) is 0 Å². The molecule has 0 aliphatic carbocycles. The monoisotopic (exact) mass is 2130 g/mol. The molecule has 1 amide bonds. The third-order valence-corrected chi connectivity index (χ3v) is 19.3. The molecular weight excluding hydrogens is 1940 g/mol. The zero-order valence-electron chi connectivity index (χ0n) is 90.5. The maximum Gasteiger partial charge on any atom is 0.331 e. The molecule has 0 radical (unpaired) electrons. The van der Waals surface area contributed by atoms with Gasteiger partial charge in [-0.3, -0.25) is 57.5 Å². The van der Waals surface area contributed by atoms with Crippen LogP contribution in [-0.4, -0.2) is 392 Å². The molecule has 0 atom stereocenters. The molecule has 0 aliphatic rings. The summed E-state index contributed by atoms with van der Waals surface area (Å²) in [7, 11) is 10.6. The Morgan fingerprint density at radius 2 is 0.415 bits per heavy atom. The summed E-state index contributed by atoms with van der Waals surface area (Å²) in [6.45, 7) is 9.80. The summed E-state index contributed by atoms with van der Waals surface area (Å²) in [6, 6.07) is 0. The van der Waals surface area contributed by atoms with E-state index >= 15 is 0 Å². The van der Waals surface area contributed by atoms with Gasteiger partial charge < -0.3 is 137 Å². The van der Waals surface area contributed by atoms with Gasteiger partial charge in [0.1, 0.15) is 90.8 Å². The lowest BCUT2D eigenvalue weighted by molar-refractivity contribution is -0.149. The average Bonchev–Trinajstić information content (AvgIpc) is 1.05. The van der Waals surface area contributed by atoms with E-state index in [0.717, 1.165) is 161 Å². The van der Waals surface area contributed by atoms with Crippen LogP contribution in [0.4, 0.5) is 0 Å². The second-order valence-corrected chi connectivity index (χ2v) is 31.9. The predicted octanol–water partition coefficient (Wildman–Crippen LogP) is 6.89. The molecule has 0 saturated carbocycles. The van der Waals surface area contributed by atoms with E-state index in [2.05, 4.69) is 50.7 Å². The first kappa shape index (κ1) is 159. The van der Waals surface area contributed by atoms with Crippen molar-refractivity contribution in [2.75, 3.05) is 241 Å². The van der Waals surface area contributed by atoms with Crippen molar-refractivity contribution in [3.8, 4) is 0 Å². The Morgan fingerprint density at radius 1 is 0.190 bits per heavy atom. The first-order valence-corrected chi connectivity index (χ1v) is 51.4. The van der Waals surface area contributed by atoms with Crippen LogP contribution < -0.4 is 10.6 Å². The molecule has 0 bridgehead atoms. The number of hydrogen-bond acceptors (Lipinski definition) is 44. The van der Waals surface area contributed by atoms with E-state index in [0.29, 0.717) is 207 Å². The van der Waals surface area contributed by atoms with Crippen LogP contribution in [0.25, 0.3) is 0 Å². The van der Waals surface area contributed by atoms with Gasteiger partial charge >= 0.3 is 53.7 Å². The fourth-order valence-corrected chi connectivity index (χ4v) is 10.6. The summed E-state index contributed by atoms with van der Waals surface area (Å²) in [4.78, 5) is 181. The highest BCUT2D eigenvalue weighted by Crippen LogP contribution is 2.13. The van der Waals surface area contributed by atoms with Gasteiger partial charge in [-0.1, -0.05) is 124 Å². The number of rotatable bonds is 90. The third-order valence-electron chi connectivity index (χ3n) is 19.3. The van der Waals surface area contributed by atoms with Crippen LogP contribution in [0.15, 0.2) is 0 Å². The van der Waals surface area contributed by atoms with E-state index in [1.807, 2.05) is 20.9 Å². The maximum atomic E-state index is 11.0. The van der Waals surface area contributed by atoms with Crippen molar-refractivity contribution in [3.05, 3.63) is 0 Å². The highest BCUT2D eigenvalue weighted by Gasteiger charge is 2.11. The Hall–Kier alpha value is -8.33. The van der Waals surface area contributed by atoms with Crippen molar-refractivity contribution >= 4 is 100 Å². The standard InChI is InChI=1S/2C12H22O5.C12H22O4.C12H22O3.C11H23NO3.C10H20O5.C9H17NO4.C8H14O6.C8H14O4.C8H16O4/c1-16-11(14)8-6-4-2-3-5-7-9-17-12(15)10-13;1-2-11(14)5-7-17-9-8-16-6-3-4-12(15)10-13;1-16-12(15)9-7-5-3-2-4-6-8-11(14)10-13;1-2-11(14)8-6-4-3-5-7-9-12(15)10-13;1-12-8-6-4-2-3-5-7-9-15-11(14)10-13;1-13-5-6-15-8-7-14-4-2-3-10(12)9-11;1-10-8(12)5-3-2-4-6-14-9(13)7-11;1-12-7(10)2-3-13-4-5-14-8(11)6-9;1-12-8(11)5-3-2-4-7(10)6-9;1-2-3-4-11-5-6-12-8(10)7-9/h2*13H,2-10H2,1H3;13H,2-10H2,1H3;13H,2-10H2,1H3;12-13H,2-10H2,1H3;11H,2-9H2,1H3;11H,2-7H2,1H3,(H,10,12);9H,2-6H2,1H3;9H,2-6H2,1H3;9H,2-7H2,1H3. The lowest BCUT2D eigenvalue weighted by Crippen LogP contribution is -2.17. The number of hydrogen-bond donors (Lipinski definition) is 12. The van der Waals surface area contributed by atoms with Crippen LogP contribution >= 0.6 is 0 Å². The number of amides is 1. The molecule has 45 nitrogen and oxygen atoms in total. The topological polar surface area (TPSA) is 664 Å². The number of nitrogens with one attached hydrogen (secondary N) is 2. The maximum absolute atomic E-state index is 11.0. The Labute approximate surface area is 872 Å². The second-order valence-electron chi connectivity index (χ2n) is 31.9. The van der Waals surface area contributed by atoms with Crippen molar-refractivity contribution in [2.24, 2.45) is 0 Å². The van der Waals surface area contributed by atoms with Crippen LogP contribution in [0.1, 0.15) is 316 Å². The second kappa shape index (κ2) is 140.